The average Bonchev–Trinajstić information content (AvgIpc) is 2.96. The number of carbonyl (C=O) groups is 2. The third kappa shape index (κ3) is 4.89. The van der Waals surface area contributed by atoms with Crippen molar-refractivity contribution in [3.05, 3.63) is 151 Å². The highest BCUT2D eigenvalue weighted by Gasteiger charge is 2.26. The van der Waals surface area contributed by atoms with Crippen LogP contribution in [0.5, 0.6) is 0 Å². The van der Waals surface area contributed by atoms with Crippen molar-refractivity contribution in [1.82, 2.24) is 0 Å². The molecule has 1 aliphatic carbocycles. The summed E-state index contributed by atoms with van der Waals surface area (Å²) < 4.78 is 0. The molecule has 4 aromatic rings. The van der Waals surface area contributed by atoms with Crippen LogP contribution in [0.15, 0.2) is 140 Å². The molecule has 4 heteroatoms. The van der Waals surface area contributed by atoms with E-state index in [4.69, 9.17) is 0 Å². The predicted molar refractivity (Wildman–Crippen MR) is 146 cm³/mol. The van der Waals surface area contributed by atoms with Gasteiger partial charge in [-0.2, -0.15) is 0 Å². The molecule has 5 rings (SSSR count). The average molecular weight is 471 g/mol. The minimum absolute atomic E-state index is 0.0714. The third-order valence-electron chi connectivity index (χ3n) is 6.15. The van der Waals surface area contributed by atoms with Gasteiger partial charge in [0.1, 0.15) is 0 Å². The molecule has 0 spiro atoms. The highest BCUT2D eigenvalue weighted by atomic mass is 16.2. The monoisotopic (exact) mass is 470 g/mol. The number of hydrogen-bond donors (Lipinski definition) is 0. The normalized spacial score (nSPS) is 14.3. The molecule has 0 heterocycles. The second kappa shape index (κ2) is 10.7. The molecule has 176 valence electrons. The lowest BCUT2D eigenvalue weighted by Crippen LogP contribution is -2.39. The van der Waals surface area contributed by atoms with Crippen LogP contribution in [0, 0.1) is 0 Å². The van der Waals surface area contributed by atoms with Crippen LogP contribution in [-0.2, 0) is 0 Å². The van der Waals surface area contributed by atoms with Gasteiger partial charge in [-0.1, -0.05) is 78.9 Å². The van der Waals surface area contributed by atoms with Crippen LogP contribution < -0.4 is 9.80 Å². The molecule has 1 unspecified atom stereocenters. The first-order valence-electron chi connectivity index (χ1n) is 12.0. The summed E-state index contributed by atoms with van der Waals surface area (Å²) in [6.07, 6.45) is 8.82. The molecule has 4 nitrogen and oxygen atoms in total. The van der Waals surface area contributed by atoms with Gasteiger partial charge in [0.15, 0.2) is 0 Å². The molecule has 1 atom stereocenters. The summed E-state index contributed by atoms with van der Waals surface area (Å²) in [7, 11) is 0. The molecule has 0 radical (unpaired) electrons. The Balaban J connectivity index is 1.45. The fourth-order valence-corrected chi connectivity index (χ4v) is 4.37. The van der Waals surface area contributed by atoms with Gasteiger partial charge in [0.25, 0.3) is 11.8 Å². The van der Waals surface area contributed by atoms with Gasteiger partial charge < -0.3 is 4.90 Å². The van der Waals surface area contributed by atoms with E-state index in [9.17, 15) is 9.59 Å². The molecule has 0 aromatic heterocycles. The third-order valence-corrected chi connectivity index (χ3v) is 6.15. The van der Waals surface area contributed by atoms with Crippen LogP contribution in [0.2, 0.25) is 0 Å². The van der Waals surface area contributed by atoms with Gasteiger partial charge in [-0.15, -0.1) is 0 Å². The summed E-state index contributed by atoms with van der Waals surface area (Å²) in [5.41, 5.74) is 3.43. The van der Waals surface area contributed by atoms with E-state index in [1.54, 1.807) is 29.2 Å². The quantitative estimate of drug-likeness (QED) is 0.299. The Bertz CT molecular complexity index is 1340. The van der Waals surface area contributed by atoms with Gasteiger partial charge >= 0.3 is 0 Å². The Morgan fingerprint density at radius 2 is 1.03 bits per heavy atom. The first-order chi connectivity index (χ1) is 17.7. The first-order valence-corrected chi connectivity index (χ1v) is 12.0. The Labute approximate surface area is 211 Å². The molecule has 0 saturated heterocycles. The number of rotatable bonds is 6. The zero-order chi connectivity index (χ0) is 24.7. The molecule has 0 bridgehead atoms. The zero-order valence-corrected chi connectivity index (χ0v) is 19.8. The number of allylic oxidation sites excluding steroid dienone is 2. The predicted octanol–water partition coefficient (Wildman–Crippen LogP) is 7.20. The van der Waals surface area contributed by atoms with Crippen molar-refractivity contribution in [2.24, 2.45) is 0 Å². The number of para-hydroxylation sites is 3. The lowest BCUT2D eigenvalue weighted by Gasteiger charge is -2.30. The number of benzene rings is 4. The largest absolute Gasteiger partial charge is 0.301 e. The van der Waals surface area contributed by atoms with Crippen molar-refractivity contribution in [2.75, 3.05) is 9.80 Å². The summed E-state index contributed by atoms with van der Waals surface area (Å²) in [5.74, 6) is -0.264. The van der Waals surface area contributed by atoms with E-state index < -0.39 is 0 Å². The van der Waals surface area contributed by atoms with Gasteiger partial charge in [0.2, 0.25) is 0 Å². The standard InChI is InChI=1S/C32H26N2O2/c35-31(33(27-13-5-1-6-14-27)28-15-7-2-8-16-28)25-21-23-26(24-22-25)32(36)34(29-17-9-3-10-18-29)30-19-11-4-12-20-30/h1-19,21-24,30H,20H2. The Hall–Kier alpha value is -4.70. The van der Waals surface area contributed by atoms with Crippen LogP contribution in [0.25, 0.3) is 0 Å². The molecule has 0 N–H and O–H groups in total. The molecule has 0 saturated carbocycles. The molecular formula is C32H26N2O2. The van der Waals surface area contributed by atoms with E-state index >= 15 is 0 Å². The van der Waals surface area contributed by atoms with E-state index in [1.165, 1.54) is 0 Å². The minimum atomic E-state index is -0.160. The zero-order valence-electron chi connectivity index (χ0n) is 19.8. The summed E-state index contributed by atoms with van der Waals surface area (Å²) in [4.78, 5) is 30.8. The number of anilines is 3. The van der Waals surface area contributed by atoms with Crippen molar-refractivity contribution in [2.45, 2.75) is 12.5 Å². The van der Waals surface area contributed by atoms with E-state index in [0.29, 0.717) is 11.1 Å². The topological polar surface area (TPSA) is 40.6 Å². The van der Waals surface area contributed by atoms with Gasteiger partial charge in [-0.25, -0.2) is 0 Å². The Morgan fingerprint density at radius 1 is 0.556 bits per heavy atom. The maximum Gasteiger partial charge on any atom is 0.262 e. The van der Waals surface area contributed by atoms with Crippen LogP contribution in [0.3, 0.4) is 0 Å². The SMILES string of the molecule is O=C(c1ccc(C(=O)N(c2ccccc2)C2C=CC=CC2)cc1)N(c1ccccc1)c1ccccc1. The molecule has 0 aliphatic heterocycles. The lowest BCUT2D eigenvalue weighted by atomic mass is 10.0. The van der Waals surface area contributed by atoms with Crippen molar-refractivity contribution >= 4 is 28.9 Å². The summed E-state index contributed by atoms with van der Waals surface area (Å²) >= 11 is 0. The molecule has 2 amide bonds. The van der Waals surface area contributed by atoms with E-state index in [0.717, 1.165) is 23.5 Å². The van der Waals surface area contributed by atoms with E-state index in [-0.39, 0.29) is 17.9 Å². The van der Waals surface area contributed by atoms with Crippen molar-refractivity contribution in [3.8, 4) is 0 Å². The van der Waals surface area contributed by atoms with Gasteiger partial charge in [0.05, 0.1) is 6.04 Å². The number of nitrogens with zero attached hydrogens (tertiary/aromatic N) is 2. The fourth-order valence-electron chi connectivity index (χ4n) is 4.37. The van der Waals surface area contributed by atoms with Gasteiger partial charge in [-0.3, -0.25) is 14.5 Å². The second-order valence-corrected chi connectivity index (χ2v) is 8.52. The Morgan fingerprint density at radius 3 is 1.50 bits per heavy atom. The van der Waals surface area contributed by atoms with Crippen molar-refractivity contribution in [3.63, 3.8) is 0 Å². The summed E-state index contributed by atoms with van der Waals surface area (Å²) in [6, 6.07) is 35.7. The van der Waals surface area contributed by atoms with Crippen molar-refractivity contribution < 1.29 is 9.59 Å². The molecule has 36 heavy (non-hydrogen) atoms. The number of amides is 2. The summed E-state index contributed by atoms with van der Waals surface area (Å²) in [6.45, 7) is 0. The molecule has 4 aromatic carbocycles. The van der Waals surface area contributed by atoms with Gasteiger partial charge in [0, 0.05) is 28.2 Å². The van der Waals surface area contributed by atoms with Crippen LogP contribution >= 0.6 is 0 Å². The lowest BCUT2D eigenvalue weighted by molar-refractivity contribution is 0.0975. The molecule has 1 aliphatic rings. The smallest absolute Gasteiger partial charge is 0.262 e. The van der Waals surface area contributed by atoms with E-state index in [2.05, 4.69) is 6.08 Å². The first kappa shape index (κ1) is 23.1. The second-order valence-electron chi connectivity index (χ2n) is 8.52. The molecular weight excluding hydrogens is 444 g/mol. The minimum Gasteiger partial charge on any atom is -0.301 e. The summed E-state index contributed by atoms with van der Waals surface area (Å²) in [5, 5.41) is 0. The Kier molecular flexibility index (Phi) is 6.86. The van der Waals surface area contributed by atoms with Crippen molar-refractivity contribution in [1.29, 1.82) is 0 Å². The van der Waals surface area contributed by atoms with Crippen LogP contribution in [0.1, 0.15) is 27.1 Å². The van der Waals surface area contributed by atoms with Crippen LogP contribution in [0.4, 0.5) is 17.1 Å². The number of hydrogen-bond acceptors (Lipinski definition) is 2. The maximum absolute atomic E-state index is 13.7. The maximum atomic E-state index is 13.7. The number of carbonyl (C=O) groups excluding carboxylic acids is 2. The van der Waals surface area contributed by atoms with E-state index in [1.807, 2.05) is 114 Å². The fraction of sp³-hybridized carbons (Fsp3) is 0.0625. The molecule has 0 fully saturated rings. The van der Waals surface area contributed by atoms with Crippen LogP contribution in [-0.4, -0.2) is 17.9 Å². The highest BCUT2D eigenvalue weighted by molar-refractivity contribution is 6.12. The highest BCUT2D eigenvalue weighted by Crippen LogP contribution is 2.28. The van der Waals surface area contributed by atoms with Gasteiger partial charge in [-0.05, 0) is 67.1 Å².